The minimum Gasteiger partial charge on any atom is -0.290 e. The van der Waals surface area contributed by atoms with Crippen molar-refractivity contribution in [2.45, 2.75) is 0 Å². The van der Waals surface area contributed by atoms with Crippen LogP contribution in [0, 0.1) is 0 Å². The van der Waals surface area contributed by atoms with E-state index in [0.717, 1.165) is 0 Å². The SMILES string of the molecule is O=c1ccc2n[nH]nc2cc1. The lowest BCUT2D eigenvalue weighted by molar-refractivity contribution is 0.959. The van der Waals surface area contributed by atoms with Crippen LogP contribution in [0.1, 0.15) is 0 Å². The summed E-state index contributed by atoms with van der Waals surface area (Å²) in [5.74, 6) is 0. The van der Waals surface area contributed by atoms with E-state index in [0.29, 0.717) is 11.0 Å². The van der Waals surface area contributed by atoms with Gasteiger partial charge >= 0.3 is 0 Å². The normalized spacial score (nSPS) is 10.2. The van der Waals surface area contributed by atoms with Crippen molar-refractivity contribution in [2.75, 3.05) is 0 Å². The van der Waals surface area contributed by atoms with Crippen LogP contribution in [0.15, 0.2) is 29.1 Å². The average molecular weight is 147 g/mol. The molecular formula is C7H5N3O. The van der Waals surface area contributed by atoms with Gasteiger partial charge in [-0.3, -0.25) is 4.79 Å². The molecule has 0 aliphatic heterocycles. The van der Waals surface area contributed by atoms with Crippen molar-refractivity contribution < 1.29 is 0 Å². The van der Waals surface area contributed by atoms with E-state index in [1.807, 2.05) is 0 Å². The second-order valence-electron chi connectivity index (χ2n) is 2.16. The first-order valence-electron chi connectivity index (χ1n) is 3.17. The van der Waals surface area contributed by atoms with E-state index in [1.54, 1.807) is 12.1 Å². The highest BCUT2D eigenvalue weighted by Crippen LogP contribution is 2.00. The second-order valence-corrected chi connectivity index (χ2v) is 2.16. The van der Waals surface area contributed by atoms with Crippen molar-refractivity contribution in [1.29, 1.82) is 0 Å². The zero-order chi connectivity index (χ0) is 7.68. The Balaban J connectivity index is 2.96. The first-order chi connectivity index (χ1) is 5.36. The molecule has 0 fully saturated rings. The maximum Gasteiger partial charge on any atom is 0.178 e. The fourth-order valence-electron chi connectivity index (χ4n) is 0.870. The van der Waals surface area contributed by atoms with E-state index in [-0.39, 0.29) is 5.43 Å². The Bertz CT molecular complexity index is 398. The highest BCUT2D eigenvalue weighted by molar-refractivity contribution is 5.71. The molecule has 1 N–H and O–H groups in total. The summed E-state index contributed by atoms with van der Waals surface area (Å²) in [7, 11) is 0. The topological polar surface area (TPSA) is 58.6 Å². The molecule has 2 aromatic rings. The summed E-state index contributed by atoms with van der Waals surface area (Å²) in [5.41, 5.74) is 1.36. The molecule has 0 aliphatic carbocycles. The predicted octanol–water partition coefficient (Wildman–Crippen LogP) is 0.318. The average Bonchev–Trinajstić information content (AvgIpc) is 2.38. The van der Waals surface area contributed by atoms with Gasteiger partial charge < -0.3 is 0 Å². The van der Waals surface area contributed by atoms with Crippen LogP contribution < -0.4 is 5.43 Å². The molecule has 1 aromatic carbocycles. The summed E-state index contributed by atoms with van der Waals surface area (Å²) in [6.07, 6.45) is 0. The summed E-state index contributed by atoms with van der Waals surface area (Å²) in [6, 6.07) is 6.21. The third-order valence-corrected chi connectivity index (χ3v) is 1.41. The standard InChI is InChI=1S/C7H5N3O/c11-5-1-3-6-7(4-2-5)9-10-8-6/h1-4H,(H,8,9,10). The zero-order valence-corrected chi connectivity index (χ0v) is 5.61. The van der Waals surface area contributed by atoms with Gasteiger partial charge in [0.25, 0.3) is 0 Å². The number of hydrogen-bond acceptors (Lipinski definition) is 3. The van der Waals surface area contributed by atoms with E-state index in [1.165, 1.54) is 12.1 Å². The molecule has 0 atom stereocenters. The fraction of sp³-hybridized carbons (Fsp3) is 0. The van der Waals surface area contributed by atoms with E-state index >= 15 is 0 Å². The molecule has 0 saturated carbocycles. The van der Waals surface area contributed by atoms with Crippen molar-refractivity contribution in [3.63, 3.8) is 0 Å². The van der Waals surface area contributed by atoms with Crippen molar-refractivity contribution in [2.24, 2.45) is 0 Å². The molecule has 11 heavy (non-hydrogen) atoms. The lowest BCUT2D eigenvalue weighted by atomic mass is 10.4. The molecule has 0 spiro atoms. The van der Waals surface area contributed by atoms with Gasteiger partial charge in [0.1, 0.15) is 11.0 Å². The van der Waals surface area contributed by atoms with Crippen LogP contribution in [-0.4, -0.2) is 15.4 Å². The third-order valence-electron chi connectivity index (χ3n) is 1.41. The predicted molar refractivity (Wildman–Crippen MR) is 40.2 cm³/mol. The molecule has 0 saturated heterocycles. The molecule has 0 amide bonds. The molecule has 4 heteroatoms. The van der Waals surface area contributed by atoms with E-state index in [9.17, 15) is 4.79 Å². The summed E-state index contributed by atoms with van der Waals surface area (Å²) >= 11 is 0. The maximum atomic E-state index is 10.8. The molecule has 1 heterocycles. The Morgan fingerprint density at radius 2 is 1.55 bits per heavy atom. The molecule has 0 unspecified atom stereocenters. The summed E-state index contributed by atoms with van der Waals surface area (Å²) in [4.78, 5) is 10.8. The number of nitrogens with zero attached hydrogens (tertiary/aromatic N) is 2. The molecule has 54 valence electrons. The van der Waals surface area contributed by atoms with Crippen LogP contribution in [0.3, 0.4) is 0 Å². The van der Waals surface area contributed by atoms with Crippen LogP contribution in [0.4, 0.5) is 0 Å². The van der Waals surface area contributed by atoms with Crippen LogP contribution in [0.25, 0.3) is 11.0 Å². The van der Waals surface area contributed by atoms with Crippen LogP contribution in [-0.2, 0) is 0 Å². The number of aromatic nitrogens is 3. The zero-order valence-electron chi connectivity index (χ0n) is 5.61. The molecule has 0 aliphatic rings. The molecule has 0 radical (unpaired) electrons. The van der Waals surface area contributed by atoms with Gasteiger partial charge in [0.2, 0.25) is 0 Å². The summed E-state index contributed by atoms with van der Waals surface area (Å²) in [6.45, 7) is 0. The number of H-pyrrole nitrogens is 1. The maximum absolute atomic E-state index is 10.8. The van der Waals surface area contributed by atoms with Gasteiger partial charge in [-0.15, -0.1) is 0 Å². The quantitative estimate of drug-likeness (QED) is 0.583. The highest BCUT2D eigenvalue weighted by Gasteiger charge is 1.92. The molecule has 0 bridgehead atoms. The Morgan fingerprint density at radius 3 is 2.09 bits per heavy atom. The van der Waals surface area contributed by atoms with Crippen LogP contribution in [0.2, 0.25) is 0 Å². The number of fused-ring (bicyclic) bond motifs is 1. The van der Waals surface area contributed by atoms with Crippen molar-refractivity contribution in [1.82, 2.24) is 15.4 Å². The minimum absolute atomic E-state index is 0.0372. The van der Waals surface area contributed by atoms with Gasteiger partial charge in [0.05, 0.1) is 0 Å². The molecule has 1 aromatic heterocycles. The van der Waals surface area contributed by atoms with E-state index in [2.05, 4.69) is 15.4 Å². The molecule has 4 nitrogen and oxygen atoms in total. The highest BCUT2D eigenvalue weighted by atomic mass is 16.1. The Labute approximate surface area is 61.9 Å². The monoisotopic (exact) mass is 147 g/mol. The first-order valence-corrected chi connectivity index (χ1v) is 3.17. The lowest BCUT2D eigenvalue weighted by Crippen LogP contribution is -1.87. The smallest absolute Gasteiger partial charge is 0.178 e. The van der Waals surface area contributed by atoms with Gasteiger partial charge in [-0.25, -0.2) is 0 Å². The summed E-state index contributed by atoms with van der Waals surface area (Å²) in [5, 5.41) is 10.1. The van der Waals surface area contributed by atoms with Gasteiger partial charge in [-0.2, -0.15) is 15.4 Å². The van der Waals surface area contributed by atoms with Crippen LogP contribution in [0.5, 0.6) is 0 Å². The van der Waals surface area contributed by atoms with Gasteiger partial charge in [0.15, 0.2) is 5.43 Å². The third kappa shape index (κ3) is 0.980. The van der Waals surface area contributed by atoms with Gasteiger partial charge in [-0.05, 0) is 24.3 Å². The fourth-order valence-corrected chi connectivity index (χ4v) is 0.870. The molecule has 2 rings (SSSR count). The number of rotatable bonds is 0. The van der Waals surface area contributed by atoms with Crippen LogP contribution >= 0.6 is 0 Å². The Hall–Kier alpha value is -1.71. The number of nitrogens with one attached hydrogen (secondary N) is 1. The summed E-state index contributed by atoms with van der Waals surface area (Å²) < 4.78 is 0. The van der Waals surface area contributed by atoms with Gasteiger partial charge in [-0.1, -0.05) is 0 Å². The lowest BCUT2D eigenvalue weighted by Gasteiger charge is -1.68. The van der Waals surface area contributed by atoms with Crippen molar-refractivity contribution >= 4 is 11.0 Å². The van der Waals surface area contributed by atoms with E-state index in [4.69, 9.17) is 0 Å². The Kier molecular flexibility index (Phi) is 1.18. The first kappa shape index (κ1) is 6.03. The number of aromatic amines is 1. The largest absolute Gasteiger partial charge is 0.290 e. The number of hydrogen-bond donors (Lipinski definition) is 1. The minimum atomic E-state index is -0.0372. The van der Waals surface area contributed by atoms with Crippen molar-refractivity contribution in [3.8, 4) is 0 Å². The van der Waals surface area contributed by atoms with Gasteiger partial charge in [0, 0.05) is 0 Å². The van der Waals surface area contributed by atoms with Crippen molar-refractivity contribution in [3.05, 3.63) is 34.5 Å². The molecular weight excluding hydrogens is 142 g/mol. The van der Waals surface area contributed by atoms with E-state index < -0.39 is 0 Å². The second kappa shape index (κ2) is 2.16. The Morgan fingerprint density at radius 1 is 1.00 bits per heavy atom.